The lowest BCUT2D eigenvalue weighted by atomic mass is 10.2. The lowest BCUT2D eigenvalue weighted by Crippen LogP contribution is -2.39. The molecular formula is C11H14N2O2. The molecule has 1 aromatic carbocycles. The Balaban J connectivity index is 2.45. The number of nitrogens with one attached hydrogen (secondary N) is 1. The lowest BCUT2D eigenvalue weighted by molar-refractivity contribution is -0.117. The molecule has 0 aliphatic carbocycles. The third-order valence-electron chi connectivity index (χ3n) is 2.54. The third-order valence-corrected chi connectivity index (χ3v) is 2.54. The number of fused-ring (bicyclic) bond motifs is 1. The van der Waals surface area contributed by atoms with Crippen LogP contribution in [0, 0.1) is 0 Å². The van der Waals surface area contributed by atoms with Crippen LogP contribution >= 0.6 is 0 Å². The Morgan fingerprint density at radius 2 is 2.33 bits per heavy atom. The van der Waals surface area contributed by atoms with Crippen molar-refractivity contribution in [2.75, 3.05) is 30.4 Å². The van der Waals surface area contributed by atoms with Gasteiger partial charge in [0.25, 0.3) is 0 Å². The number of hydrogen-bond acceptors (Lipinski definition) is 3. The Morgan fingerprint density at radius 3 is 3.00 bits per heavy atom. The minimum Gasteiger partial charge on any atom is -0.497 e. The fraction of sp³-hybridized carbons (Fsp3) is 0.364. The van der Waals surface area contributed by atoms with Crippen molar-refractivity contribution in [2.24, 2.45) is 0 Å². The minimum atomic E-state index is 0.0956. The second-order valence-corrected chi connectivity index (χ2v) is 3.37. The van der Waals surface area contributed by atoms with E-state index in [-0.39, 0.29) is 5.91 Å². The van der Waals surface area contributed by atoms with E-state index in [0.29, 0.717) is 13.1 Å². The zero-order chi connectivity index (χ0) is 10.8. The number of amides is 1. The van der Waals surface area contributed by atoms with Gasteiger partial charge in [0.05, 0.1) is 25.0 Å². The quantitative estimate of drug-likeness (QED) is 0.796. The SMILES string of the molecule is CCN1C(=O)CNc2ccc(OC)cc21. The molecular weight excluding hydrogens is 192 g/mol. The molecule has 0 fully saturated rings. The summed E-state index contributed by atoms with van der Waals surface area (Å²) in [5.74, 6) is 0.863. The summed E-state index contributed by atoms with van der Waals surface area (Å²) in [6, 6.07) is 5.70. The van der Waals surface area contributed by atoms with Gasteiger partial charge in [-0.05, 0) is 19.1 Å². The van der Waals surface area contributed by atoms with E-state index in [1.165, 1.54) is 0 Å². The van der Waals surface area contributed by atoms with E-state index in [1.807, 2.05) is 25.1 Å². The molecule has 0 radical (unpaired) electrons. The van der Waals surface area contributed by atoms with E-state index in [2.05, 4.69) is 5.32 Å². The van der Waals surface area contributed by atoms with Gasteiger partial charge in [-0.15, -0.1) is 0 Å². The molecule has 1 amide bonds. The van der Waals surface area contributed by atoms with Crippen molar-refractivity contribution in [2.45, 2.75) is 6.92 Å². The maximum Gasteiger partial charge on any atom is 0.246 e. The molecule has 0 saturated heterocycles. The van der Waals surface area contributed by atoms with Crippen molar-refractivity contribution < 1.29 is 9.53 Å². The highest BCUT2D eigenvalue weighted by Gasteiger charge is 2.22. The number of methoxy groups -OCH3 is 1. The van der Waals surface area contributed by atoms with E-state index < -0.39 is 0 Å². The van der Waals surface area contributed by atoms with Crippen LogP contribution in [0.1, 0.15) is 6.92 Å². The second kappa shape index (κ2) is 3.81. The van der Waals surface area contributed by atoms with Gasteiger partial charge >= 0.3 is 0 Å². The van der Waals surface area contributed by atoms with Crippen molar-refractivity contribution in [3.05, 3.63) is 18.2 Å². The molecule has 0 unspecified atom stereocenters. The normalized spacial score (nSPS) is 14.5. The molecule has 4 heteroatoms. The number of nitrogens with zero attached hydrogens (tertiary/aromatic N) is 1. The number of carbonyl (C=O) groups excluding carboxylic acids is 1. The highest BCUT2D eigenvalue weighted by molar-refractivity contribution is 6.02. The standard InChI is InChI=1S/C11H14N2O2/c1-3-13-10-6-8(15-2)4-5-9(10)12-7-11(13)14/h4-6,12H,3,7H2,1-2H3. The summed E-state index contributed by atoms with van der Waals surface area (Å²) in [6.45, 7) is 3.01. The average molecular weight is 206 g/mol. The van der Waals surface area contributed by atoms with Gasteiger partial charge in [-0.25, -0.2) is 0 Å². The zero-order valence-electron chi connectivity index (χ0n) is 8.91. The maximum atomic E-state index is 11.6. The molecule has 1 aliphatic rings. The Bertz CT molecular complexity index is 390. The first-order chi connectivity index (χ1) is 7.26. The highest BCUT2D eigenvalue weighted by Crippen LogP contribution is 2.32. The Morgan fingerprint density at radius 1 is 1.53 bits per heavy atom. The summed E-state index contributed by atoms with van der Waals surface area (Å²) >= 11 is 0. The van der Waals surface area contributed by atoms with Crippen molar-refractivity contribution in [3.8, 4) is 5.75 Å². The molecule has 1 heterocycles. The Labute approximate surface area is 88.8 Å². The average Bonchev–Trinajstić information content (AvgIpc) is 2.28. The minimum absolute atomic E-state index is 0.0956. The molecule has 0 aromatic heterocycles. The number of hydrogen-bond donors (Lipinski definition) is 1. The predicted octanol–water partition coefficient (Wildman–Crippen LogP) is 1.47. The summed E-state index contributed by atoms with van der Waals surface area (Å²) < 4.78 is 5.14. The van der Waals surface area contributed by atoms with Crippen LogP contribution in [0.3, 0.4) is 0 Å². The van der Waals surface area contributed by atoms with E-state index in [0.717, 1.165) is 17.1 Å². The Hall–Kier alpha value is -1.71. The molecule has 2 rings (SSSR count). The van der Waals surface area contributed by atoms with Gasteiger partial charge in [0.1, 0.15) is 5.75 Å². The number of rotatable bonds is 2. The van der Waals surface area contributed by atoms with Gasteiger partial charge in [-0.3, -0.25) is 4.79 Å². The van der Waals surface area contributed by atoms with Crippen molar-refractivity contribution in [1.82, 2.24) is 0 Å². The molecule has 0 bridgehead atoms. The first kappa shape index (κ1) is 9.83. The molecule has 0 atom stereocenters. The number of benzene rings is 1. The predicted molar refractivity (Wildman–Crippen MR) is 59.5 cm³/mol. The first-order valence-electron chi connectivity index (χ1n) is 4.98. The number of anilines is 2. The van der Waals surface area contributed by atoms with Crippen LogP contribution in [0.15, 0.2) is 18.2 Å². The molecule has 0 spiro atoms. The van der Waals surface area contributed by atoms with E-state index in [9.17, 15) is 4.79 Å². The smallest absolute Gasteiger partial charge is 0.246 e. The number of carbonyl (C=O) groups is 1. The van der Waals surface area contributed by atoms with Gasteiger partial charge in [-0.1, -0.05) is 0 Å². The molecule has 1 N–H and O–H groups in total. The Kier molecular flexibility index (Phi) is 2.49. The summed E-state index contributed by atoms with van der Waals surface area (Å²) in [6.07, 6.45) is 0. The largest absolute Gasteiger partial charge is 0.497 e. The summed E-state index contributed by atoms with van der Waals surface area (Å²) in [7, 11) is 1.62. The highest BCUT2D eigenvalue weighted by atomic mass is 16.5. The van der Waals surface area contributed by atoms with Crippen LogP contribution in [0.5, 0.6) is 5.75 Å². The van der Waals surface area contributed by atoms with Gasteiger partial charge < -0.3 is 15.0 Å². The number of likely N-dealkylation sites (N-methyl/N-ethyl adjacent to an activating group) is 1. The van der Waals surface area contributed by atoms with Crippen LogP contribution in [-0.2, 0) is 4.79 Å². The summed E-state index contributed by atoms with van der Waals surface area (Å²) in [5.41, 5.74) is 1.88. The topological polar surface area (TPSA) is 41.6 Å². The van der Waals surface area contributed by atoms with Gasteiger partial charge in [0, 0.05) is 12.6 Å². The van der Waals surface area contributed by atoms with Crippen LogP contribution in [0.2, 0.25) is 0 Å². The van der Waals surface area contributed by atoms with Crippen molar-refractivity contribution in [1.29, 1.82) is 0 Å². The fourth-order valence-corrected chi connectivity index (χ4v) is 1.76. The van der Waals surface area contributed by atoms with E-state index >= 15 is 0 Å². The zero-order valence-corrected chi connectivity index (χ0v) is 8.91. The maximum absolute atomic E-state index is 11.6. The second-order valence-electron chi connectivity index (χ2n) is 3.37. The van der Waals surface area contributed by atoms with E-state index in [1.54, 1.807) is 12.0 Å². The third kappa shape index (κ3) is 1.63. The fourth-order valence-electron chi connectivity index (χ4n) is 1.76. The van der Waals surface area contributed by atoms with Crippen LogP contribution in [0.25, 0.3) is 0 Å². The van der Waals surface area contributed by atoms with Crippen LogP contribution < -0.4 is 15.0 Å². The van der Waals surface area contributed by atoms with Gasteiger partial charge in [0.2, 0.25) is 5.91 Å². The van der Waals surface area contributed by atoms with Gasteiger partial charge in [0.15, 0.2) is 0 Å². The molecule has 1 aliphatic heterocycles. The molecule has 4 nitrogen and oxygen atoms in total. The van der Waals surface area contributed by atoms with Gasteiger partial charge in [-0.2, -0.15) is 0 Å². The van der Waals surface area contributed by atoms with E-state index in [4.69, 9.17) is 4.74 Å². The van der Waals surface area contributed by atoms with Crippen LogP contribution in [-0.4, -0.2) is 26.1 Å². The first-order valence-corrected chi connectivity index (χ1v) is 4.98. The molecule has 1 aromatic rings. The van der Waals surface area contributed by atoms with Crippen molar-refractivity contribution >= 4 is 17.3 Å². The number of ether oxygens (including phenoxy) is 1. The lowest BCUT2D eigenvalue weighted by Gasteiger charge is -2.29. The summed E-state index contributed by atoms with van der Waals surface area (Å²) in [4.78, 5) is 13.4. The molecule has 0 saturated carbocycles. The van der Waals surface area contributed by atoms with Crippen LogP contribution in [0.4, 0.5) is 11.4 Å². The summed E-state index contributed by atoms with van der Waals surface area (Å²) in [5, 5.41) is 3.08. The molecule has 80 valence electrons. The van der Waals surface area contributed by atoms with Crippen molar-refractivity contribution in [3.63, 3.8) is 0 Å². The molecule has 15 heavy (non-hydrogen) atoms. The monoisotopic (exact) mass is 206 g/mol.